The number of hydrogen-bond acceptors (Lipinski definition) is 3. The van der Waals surface area contributed by atoms with Crippen LogP contribution >= 0.6 is 11.8 Å². The summed E-state index contributed by atoms with van der Waals surface area (Å²) >= 11 is 1.31. The van der Waals surface area contributed by atoms with Gasteiger partial charge >= 0.3 is 0 Å². The molecule has 4 nitrogen and oxygen atoms in total. The van der Waals surface area contributed by atoms with Gasteiger partial charge in [0.25, 0.3) is 5.91 Å². The molecule has 3 rings (SSSR count). The SMILES string of the molecule is Cc1cccc(C(=O)Nc2cccc(SCC(=O)Nc3ccccc3F)c2)c1. The summed E-state index contributed by atoms with van der Waals surface area (Å²) < 4.78 is 13.6. The monoisotopic (exact) mass is 394 g/mol. The predicted molar refractivity (Wildman–Crippen MR) is 111 cm³/mol. The van der Waals surface area contributed by atoms with Crippen molar-refractivity contribution < 1.29 is 14.0 Å². The highest BCUT2D eigenvalue weighted by Crippen LogP contribution is 2.23. The van der Waals surface area contributed by atoms with E-state index in [1.54, 1.807) is 30.3 Å². The Bertz CT molecular complexity index is 1010. The molecule has 6 heteroatoms. The van der Waals surface area contributed by atoms with Crippen LogP contribution < -0.4 is 10.6 Å². The molecule has 0 saturated carbocycles. The van der Waals surface area contributed by atoms with Gasteiger partial charge in [0.05, 0.1) is 11.4 Å². The second kappa shape index (κ2) is 9.19. The first kappa shape index (κ1) is 19.6. The van der Waals surface area contributed by atoms with E-state index in [2.05, 4.69) is 10.6 Å². The van der Waals surface area contributed by atoms with Crippen molar-refractivity contribution in [2.75, 3.05) is 16.4 Å². The molecule has 3 aromatic rings. The molecule has 0 spiro atoms. The number of nitrogens with one attached hydrogen (secondary N) is 2. The molecule has 0 radical (unpaired) electrons. The normalized spacial score (nSPS) is 10.4. The van der Waals surface area contributed by atoms with E-state index in [-0.39, 0.29) is 23.3 Å². The molecule has 0 aliphatic rings. The predicted octanol–water partition coefficient (Wildman–Crippen LogP) is 5.12. The van der Waals surface area contributed by atoms with Crippen molar-refractivity contribution in [2.45, 2.75) is 11.8 Å². The summed E-state index contributed by atoms with van der Waals surface area (Å²) in [5, 5.41) is 5.41. The number of amides is 2. The number of aryl methyl sites for hydroxylation is 1. The third-order valence-corrected chi connectivity index (χ3v) is 4.88. The summed E-state index contributed by atoms with van der Waals surface area (Å²) in [6.45, 7) is 1.93. The molecule has 0 aliphatic carbocycles. The molecule has 0 heterocycles. The van der Waals surface area contributed by atoms with Gasteiger partial charge in [-0.05, 0) is 49.4 Å². The first-order valence-corrected chi connectivity index (χ1v) is 9.65. The van der Waals surface area contributed by atoms with Gasteiger partial charge in [0.2, 0.25) is 5.91 Å². The molecule has 0 atom stereocenters. The van der Waals surface area contributed by atoms with Crippen LogP contribution in [0.15, 0.2) is 77.7 Å². The van der Waals surface area contributed by atoms with Crippen LogP contribution in [0.2, 0.25) is 0 Å². The average molecular weight is 394 g/mol. The van der Waals surface area contributed by atoms with E-state index in [1.165, 1.54) is 23.9 Å². The molecule has 0 saturated heterocycles. The molecule has 28 heavy (non-hydrogen) atoms. The van der Waals surface area contributed by atoms with Crippen LogP contribution in [0.3, 0.4) is 0 Å². The van der Waals surface area contributed by atoms with Gasteiger partial charge in [-0.15, -0.1) is 11.8 Å². The number of anilines is 2. The zero-order valence-corrected chi connectivity index (χ0v) is 16.1. The fourth-order valence-corrected chi connectivity index (χ4v) is 3.31. The van der Waals surface area contributed by atoms with Crippen LogP contribution in [0, 0.1) is 12.7 Å². The molecule has 3 aromatic carbocycles. The highest BCUT2D eigenvalue weighted by atomic mass is 32.2. The van der Waals surface area contributed by atoms with E-state index < -0.39 is 5.82 Å². The topological polar surface area (TPSA) is 58.2 Å². The molecule has 0 aliphatic heterocycles. The highest BCUT2D eigenvalue weighted by molar-refractivity contribution is 8.00. The Hall–Kier alpha value is -3.12. The third-order valence-electron chi connectivity index (χ3n) is 3.89. The van der Waals surface area contributed by atoms with Gasteiger partial charge in [0, 0.05) is 16.1 Å². The summed E-state index contributed by atoms with van der Waals surface area (Å²) in [7, 11) is 0. The van der Waals surface area contributed by atoms with E-state index in [1.807, 2.05) is 37.3 Å². The molecular formula is C22H19FN2O2S. The third kappa shape index (κ3) is 5.44. The van der Waals surface area contributed by atoms with Crippen molar-refractivity contribution in [3.05, 3.63) is 89.7 Å². The zero-order chi connectivity index (χ0) is 19.9. The zero-order valence-electron chi connectivity index (χ0n) is 15.2. The van der Waals surface area contributed by atoms with Gasteiger partial charge in [0.15, 0.2) is 0 Å². The van der Waals surface area contributed by atoms with Crippen LogP contribution in [0.5, 0.6) is 0 Å². The summed E-state index contributed by atoms with van der Waals surface area (Å²) in [6.07, 6.45) is 0. The Morgan fingerprint density at radius 1 is 0.929 bits per heavy atom. The number of thioether (sulfide) groups is 1. The van der Waals surface area contributed by atoms with E-state index in [9.17, 15) is 14.0 Å². The van der Waals surface area contributed by atoms with Crippen molar-refractivity contribution >= 4 is 35.0 Å². The summed E-state index contributed by atoms with van der Waals surface area (Å²) in [5.41, 5.74) is 2.40. The van der Waals surface area contributed by atoms with Crippen LogP contribution in [0.4, 0.5) is 15.8 Å². The fraction of sp³-hybridized carbons (Fsp3) is 0.0909. The molecule has 2 N–H and O–H groups in total. The quantitative estimate of drug-likeness (QED) is 0.571. The minimum atomic E-state index is -0.471. The van der Waals surface area contributed by atoms with Gasteiger partial charge in [0.1, 0.15) is 5.82 Å². The van der Waals surface area contributed by atoms with Crippen LogP contribution in [-0.4, -0.2) is 17.6 Å². The number of para-hydroxylation sites is 1. The molecule has 0 unspecified atom stereocenters. The number of carbonyl (C=O) groups is 2. The lowest BCUT2D eigenvalue weighted by molar-refractivity contribution is -0.113. The fourth-order valence-electron chi connectivity index (χ4n) is 2.55. The minimum absolute atomic E-state index is 0.129. The number of hydrogen-bond donors (Lipinski definition) is 2. The Kier molecular flexibility index (Phi) is 6.45. The van der Waals surface area contributed by atoms with E-state index in [0.717, 1.165) is 10.5 Å². The van der Waals surface area contributed by atoms with Crippen LogP contribution in [0.25, 0.3) is 0 Å². The lowest BCUT2D eigenvalue weighted by atomic mass is 10.1. The Morgan fingerprint density at radius 2 is 1.71 bits per heavy atom. The summed E-state index contributed by atoms with van der Waals surface area (Å²) in [5.74, 6) is -0.835. The van der Waals surface area contributed by atoms with Crippen LogP contribution in [0.1, 0.15) is 15.9 Å². The second-order valence-electron chi connectivity index (χ2n) is 6.17. The van der Waals surface area contributed by atoms with E-state index in [0.29, 0.717) is 11.3 Å². The van der Waals surface area contributed by atoms with Gasteiger partial charge < -0.3 is 10.6 Å². The highest BCUT2D eigenvalue weighted by Gasteiger charge is 2.09. The van der Waals surface area contributed by atoms with Crippen molar-refractivity contribution in [1.29, 1.82) is 0 Å². The van der Waals surface area contributed by atoms with E-state index >= 15 is 0 Å². The van der Waals surface area contributed by atoms with Crippen molar-refractivity contribution in [3.63, 3.8) is 0 Å². The van der Waals surface area contributed by atoms with Crippen LogP contribution in [-0.2, 0) is 4.79 Å². The van der Waals surface area contributed by atoms with Crippen molar-refractivity contribution in [3.8, 4) is 0 Å². The molecular weight excluding hydrogens is 375 g/mol. The lowest BCUT2D eigenvalue weighted by Crippen LogP contribution is -2.15. The molecule has 0 bridgehead atoms. The Labute approximate surface area is 167 Å². The number of halogens is 1. The largest absolute Gasteiger partial charge is 0.323 e. The Morgan fingerprint density at radius 3 is 2.50 bits per heavy atom. The maximum absolute atomic E-state index is 13.6. The van der Waals surface area contributed by atoms with E-state index in [4.69, 9.17) is 0 Å². The molecule has 0 aromatic heterocycles. The first-order valence-electron chi connectivity index (χ1n) is 8.66. The van der Waals surface area contributed by atoms with Gasteiger partial charge in [-0.1, -0.05) is 35.9 Å². The molecule has 0 fully saturated rings. The molecule has 142 valence electrons. The Balaban J connectivity index is 1.58. The summed E-state index contributed by atoms with van der Waals surface area (Å²) in [6, 6.07) is 20.6. The van der Waals surface area contributed by atoms with Gasteiger partial charge in [-0.2, -0.15) is 0 Å². The van der Waals surface area contributed by atoms with Crippen molar-refractivity contribution in [2.24, 2.45) is 0 Å². The lowest BCUT2D eigenvalue weighted by Gasteiger charge is -2.09. The number of carbonyl (C=O) groups excluding carboxylic acids is 2. The smallest absolute Gasteiger partial charge is 0.255 e. The minimum Gasteiger partial charge on any atom is -0.323 e. The second-order valence-corrected chi connectivity index (χ2v) is 7.22. The standard InChI is InChI=1S/C22H19FN2O2S/c1-15-6-4-7-16(12-15)22(27)24-17-8-5-9-18(13-17)28-14-21(26)25-20-11-3-2-10-19(20)23/h2-13H,14H2,1H3,(H,24,27)(H,25,26). The molecule has 2 amide bonds. The summed E-state index contributed by atoms with van der Waals surface area (Å²) in [4.78, 5) is 25.2. The average Bonchev–Trinajstić information content (AvgIpc) is 2.68. The first-order chi connectivity index (χ1) is 13.5. The van der Waals surface area contributed by atoms with Gasteiger partial charge in [-0.3, -0.25) is 9.59 Å². The number of benzene rings is 3. The maximum atomic E-state index is 13.6. The maximum Gasteiger partial charge on any atom is 0.255 e. The van der Waals surface area contributed by atoms with Gasteiger partial charge in [-0.25, -0.2) is 4.39 Å². The number of rotatable bonds is 6. The van der Waals surface area contributed by atoms with Crippen molar-refractivity contribution in [1.82, 2.24) is 0 Å².